The number of amides is 4. The van der Waals surface area contributed by atoms with Crippen LogP contribution in [0.1, 0.15) is 45.6 Å². The smallest absolute Gasteiger partial charge is 0.315 e. The van der Waals surface area contributed by atoms with Gasteiger partial charge in [0.1, 0.15) is 17.5 Å². The van der Waals surface area contributed by atoms with Gasteiger partial charge in [0.15, 0.2) is 0 Å². The molecule has 1 aliphatic rings. The Bertz CT molecular complexity index is 893. The molecule has 4 N–H and O–H groups in total. The van der Waals surface area contributed by atoms with Crippen molar-refractivity contribution in [3.8, 4) is 11.5 Å². The van der Waals surface area contributed by atoms with E-state index in [4.69, 9.17) is 14.2 Å². The molecule has 1 fully saturated rings. The zero-order chi connectivity index (χ0) is 26.7. The van der Waals surface area contributed by atoms with Gasteiger partial charge in [0.05, 0.1) is 32.9 Å². The zero-order valence-electron chi connectivity index (χ0n) is 21.6. The van der Waals surface area contributed by atoms with E-state index in [0.717, 1.165) is 0 Å². The molecular formula is C25H38N4O7. The second kappa shape index (κ2) is 14.3. The highest BCUT2D eigenvalue weighted by Gasteiger charge is 2.30. The fraction of sp³-hybridized carbons (Fsp3) is 0.600. The largest absolute Gasteiger partial charge is 0.497 e. The molecule has 3 atom stereocenters. The van der Waals surface area contributed by atoms with Crippen molar-refractivity contribution in [3.63, 3.8) is 0 Å². The SMILES string of the molecule is CCC(NC(=O)[C@H](CC(C)C)NC(=O)NC1CCOC1)C(=O)C(=O)NCc1cc(OC)cc(OC)c1. The number of methoxy groups -OCH3 is 2. The van der Waals surface area contributed by atoms with Gasteiger partial charge in [-0.1, -0.05) is 20.8 Å². The standard InChI is InChI=1S/C25H38N4O7/c1-6-20(22(30)24(32)26-13-16-10-18(34-4)12-19(11-16)35-5)28-23(31)21(9-15(2)3)29-25(33)27-17-7-8-36-14-17/h10-12,15,17,20-21H,6-9,13-14H2,1-5H3,(H,26,32)(H,28,31)(H2,27,29,33)/t17?,20?,21-/m0/s1. The third-order valence-corrected chi connectivity index (χ3v) is 5.72. The van der Waals surface area contributed by atoms with Crippen molar-refractivity contribution >= 4 is 23.6 Å². The molecule has 2 unspecified atom stereocenters. The van der Waals surface area contributed by atoms with Gasteiger partial charge in [-0.2, -0.15) is 0 Å². The summed E-state index contributed by atoms with van der Waals surface area (Å²) in [5.74, 6) is -0.900. The number of ketones is 1. The molecule has 1 aliphatic heterocycles. The minimum Gasteiger partial charge on any atom is -0.497 e. The summed E-state index contributed by atoms with van der Waals surface area (Å²) >= 11 is 0. The van der Waals surface area contributed by atoms with Crippen molar-refractivity contribution in [1.29, 1.82) is 0 Å². The van der Waals surface area contributed by atoms with Crippen LogP contribution in [0.25, 0.3) is 0 Å². The number of rotatable bonds is 13. The Labute approximate surface area is 212 Å². The van der Waals surface area contributed by atoms with Gasteiger partial charge in [0.25, 0.3) is 5.91 Å². The first-order chi connectivity index (χ1) is 17.2. The molecule has 36 heavy (non-hydrogen) atoms. The van der Waals surface area contributed by atoms with Gasteiger partial charge < -0.3 is 35.5 Å². The van der Waals surface area contributed by atoms with E-state index in [9.17, 15) is 19.2 Å². The van der Waals surface area contributed by atoms with Crippen LogP contribution in [-0.4, -0.2) is 69.2 Å². The fourth-order valence-electron chi connectivity index (χ4n) is 3.76. The first-order valence-corrected chi connectivity index (χ1v) is 12.2. The number of ether oxygens (including phenoxy) is 3. The quantitative estimate of drug-likeness (QED) is 0.295. The molecule has 4 amide bonds. The zero-order valence-corrected chi connectivity index (χ0v) is 21.6. The third kappa shape index (κ3) is 9.03. The Hall–Kier alpha value is -3.34. The second-order valence-electron chi connectivity index (χ2n) is 9.10. The van der Waals surface area contributed by atoms with Crippen molar-refractivity contribution in [3.05, 3.63) is 23.8 Å². The highest BCUT2D eigenvalue weighted by molar-refractivity contribution is 6.38. The number of nitrogens with one attached hydrogen (secondary N) is 4. The van der Waals surface area contributed by atoms with Gasteiger partial charge in [0.2, 0.25) is 11.7 Å². The van der Waals surface area contributed by atoms with Gasteiger partial charge in [-0.05, 0) is 42.9 Å². The summed E-state index contributed by atoms with van der Waals surface area (Å²) in [6, 6.07) is 2.67. The van der Waals surface area contributed by atoms with E-state index in [-0.39, 0.29) is 24.9 Å². The van der Waals surface area contributed by atoms with Crippen LogP contribution in [0.4, 0.5) is 4.79 Å². The number of carbonyl (C=O) groups is 4. The van der Waals surface area contributed by atoms with Gasteiger partial charge in [-0.15, -0.1) is 0 Å². The number of carbonyl (C=O) groups excluding carboxylic acids is 4. The molecular weight excluding hydrogens is 468 g/mol. The number of Topliss-reactive ketones (excluding diaryl/α,β-unsaturated/α-hetero) is 1. The minimum atomic E-state index is -1.03. The van der Waals surface area contributed by atoms with Crippen molar-refractivity contribution in [2.75, 3.05) is 27.4 Å². The lowest BCUT2D eigenvalue weighted by molar-refractivity contribution is -0.140. The third-order valence-electron chi connectivity index (χ3n) is 5.72. The normalized spacial score (nSPS) is 16.6. The van der Waals surface area contributed by atoms with Crippen LogP contribution < -0.4 is 30.7 Å². The molecule has 11 nitrogen and oxygen atoms in total. The lowest BCUT2D eigenvalue weighted by atomic mass is 10.0. The van der Waals surface area contributed by atoms with E-state index < -0.39 is 35.7 Å². The molecule has 0 saturated carbocycles. The lowest BCUT2D eigenvalue weighted by Crippen LogP contribution is -2.56. The van der Waals surface area contributed by atoms with E-state index in [0.29, 0.717) is 43.1 Å². The molecule has 1 aromatic carbocycles. The summed E-state index contributed by atoms with van der Waals surface area (Å²) in [5, 5.41) is 10.7. The average molecular weight is 507 g/mol. The van der Waals surface area contributed by atoms with E-state index >= 15 is 0 Å². The van der Waals surface area contributed by atoms with Crippen LogP contribution in [0, 0.1) is 5.92 Å². The number of urea groups is 1. The van der Waals surface area contributed by atoms with E-state index in [1.165, 1.54) is 14.2 Å². The minimum absolute atomic E-state index is 0.0745. The molecule has 0 aromatic heterocycles. The van der Waals surface area contributed by atoms with Crippen molar-refractivity contribution in [2.24, 2.45) is 5.92 Å². The van der Waals surface area contributed by atoms with Crippen LogP contribution in [0.15, 0.2) is 18.2 Å². The van der Waals surface area contributed by atoms with E-state index in [1.54, 1.807) is 25.1 Å². The summed E-state index contributed by atoms with van der Waals surface area (Å²) in [6.45, 7) is 6.63. The van der Waals surface area contributed by atoms with Crippen LogP contribution in [-0.2, 0) is 25.7 Å². The molecule has 11 heteroatoms. The number of hydrogen-bond donors (Lipinski definition) is 4. The molecule has 1 saturated heterocycles. The highest BCUT2D eigenvalue weighted by atomic mass is 16.5. The maximum absolute atomic E-state index is 13.0. The summed E-state index contributed by atoms with van der Waals surface area (Å²) in [4.78, 5) is 50.7. The maximum atomic E-state index is 13.0. The topological polar surface area (TPSA) is 144 Å². The van der Waals surface area contributed by atoms with Crippen molar-refractivity contribution in [2.45, 2.75) is 64.7 Å². The first kappa shape index (κ1) is 28.9. The lowest BCUT2D eigenvalue weighted by Gasteiger charge is -2.24. The predicted molar refractivity (Wildman–Crippen MR) is 133 cm³/mol. The Morgan fingerprint density at radius 3 is 2.22 bits per heavy atom. The summed E-state index contributed by atoms with van der Waals surface area (Å²) in [5.41, 5.74) is 0.685. The molecule has 0 bridgehead atoms. The van der Waals surface area contributed by atoms with Gasteiger partial charge >= 0.3 is 6.03 Å². The molecule has 1 heterocycles. The first-order valence-electron chi connectivity index (χ1n) is 12.2. The van der Waals surface area contributed by atoms with E-state index in [2.05, 4.69) is 21.3 Å². The second-order valence-corrected chi connectivity index (χ2v) is 9.10. The Morgan fingerprint density at radius 1 is 1.03 bits per heavy atom. The Morgan fingerprint density at radius 2 is 1.69 bits per heavy atom. The molecule has 0 radical (unpaired) electrons. The van der Waals surface area contributed by atoms with Crippen LogP contribution in [0.3, 0.4) is 0 Å². The highest BCUT2D eigenvalue weighted by Crippen LogP contribution is 2.22. The summed E-state index contributed by atoms with van der Waals surface area (Å²) < 4.78 is 15.7. The predicted octanol–water partition coefficient (Wildman–Crippen LogP) is 1.29. The maximum Gasteiger partial charge on any atom is 0.315 e. The Balaban J connectivity index is 1.97. The van der Waals surface area contributed by atoms with Gasteiger partial charge in [0, 0.05) is 19.2 Å². The summed E-state index contributed by atoms with van der Waals surface area (Å²) in [7, 11) is 3.03. The molecule has 2 rings (SSSR count). The van der Waals surface area contributed by atoms with Gasteiger partial charge in [-0.3, -0.25) is 14.4 Å². The number of benzene rings is 1. The van der Waals surface area contributed by atoms with Crippen LogP contribution >= 0.6 is 0 Å². The molecule has 1 aromatic rings. The van der Waals surface area contributed by atoms with Gasteiger partial charge in [-0.25, -0.2) is 4.79 Å². The number of hydrogen-bond acceptors (Lipinski definition) is 7. The van der Waals surface area contributed by atoms with E-state index in [1.807, 2.05) is 13.8 Å². The average Bonchev–Trinajstić information content (AvgIpc) is 3.37. The van der Waals surface area contributed by atoms with Crippen LogP contribution in [0.5, 0.6) is 11.5 Å². The van der Waals surface area contributed by atoms with Crippen LogP contribution in [0.2, 0.25) is 0 Å². The monoisotopic (exact) mass is 506 g/mol. The fourth-order valence-corrected chi connectivity index (χ4v) is 3.76. The summed E-state index contributed by atoms with van der Waals surface area (Å²) in [6.07, 6.45) is 1.29. The Kier molecular flexibility index (Phi) is 11.5. The molecule has 0 aliphatic carbocycles. The molecule has 0 spiro atoms. The molecule has 200 valence electrons. The van der Waals surface area contributed by atoms with Crippen molar-refractivity contribution in [1.82, 2.24) is 21.3 Å². The van der Waals surface area contributed by atoms with Crippen molar-refractivity contribution < 1.29 is 33.4 Å².